The fourth-order valence-corrected chi connectivity index (χ4v) is 99.5. The van der Waals surface area contributed by atoms with Crippen LogP contribution in [0.15, 0.2) is 0 Å². The van der Waals surface area contributed by atoms with Gasteiger partial charge in [0.05, 0.1) is 39.6 Å². The lowest BCUT2D eigenvalue weighted by molar-refractivity contribution is 0.0215. The molecule has 0 aromatic carbocycles. The molecule has 18 nitrogen and oxygen atoms in total. The van der Waals surface area contributed by atoms with Crippen LogP contribution in [0.3, 0.4) is 0 Å². The molecule has 0 heterocycles. The van der Waals surface area contributed by atoms with E-state index in [0.29, 0.717) is 11.8 Å². The van der Waals surface area contributed by atoms with Crippen LogP contribution in [0.2, 0.25) is 311 Å². The second-order valence-electron chi connectivity index (χ2n) is 55.3. The van der Waals surface area contributed by atoms with Crippen LogP contribution in [0.5, 0.6) is 0 Å². The first-order valence-corrected chi connectivity index (χ1v) is 105. The summed E-state index contributed by atoms with van der Waals surface area (Å²) in [5.74, 6) is 0.990. The summed E-state index contributed by atoms with van der Waals surface area (Å²) in [6.45, 7) is 118. The zero-order chi connectivity index (χ0) is 99.9. The second-order valence-corrected chi connectivity index (χ2v) is 132. The third-order valence-electron chi connectivity index (χ3n) is 21.5. The highest BCUT2D eigenvalue weighted by atomic mass is 28.5. The van der Waals surface area contributed by atoms with Gasteiger partial charge in [-0.3, -0.25) is 0 Å². The lowest BCUT2D eigenvalue weighted by atomic mass is 9.73. The van der Waals surface area contributed by atoms with Crippen LogP contribution in [-0.2, 0) is 49.4 Å². The van der Waals surface area contributed by atoms with Crippen molar-refractivity contribution in [2.24, 2.45) is 49.7 Å². The van der Waals surface area contributed by atoms with Gasteiger partial charge in [-0.15, -0.1) is 0 Å². The Bertz CT molecular complexity index is 2690. The quantitative estimate of drug-likeness (QED) is 0.0311. The van der Waals surface area contributed by atoms with E-state index in [4.69, 9.17) is 49.4 Å². The normalized spacial score (nSPS) is 15.7. The number of rotatable bonds is 64. The van der Waals surface area contributed by atoms with Crippen molar-refractivity contribution in [2.75, 3.05) is 39.6 Å². The molecule has 0 spiro atoms. The molecule has 125 heavy (non-hydrogen) atoms. The predicted molar refractivity (Wildman–Crippen MR) is 589 cm³/mol. The molecule has 2 atom stereocenters. The van der Waals surface area contributed by atoms with E-state index in [1.54, 1.807) is 0 Å². The van der Waals surface area contributed by atoms with E-state index in [2.05, 4.69) is 344 Å². The molecule has 0 aliphatic carbocycles. The van der Waals surface area contributed by atoms with Gasteiger partial charge in [-0.25, -0.2) is 0 Å². The largest absolute Gasteiger partial charge is 0.437 e. The first-order chi connectivity index (χ1) is 54.7. The Labute approximate surface area is 797 Å². The van der Waals surface area contributed by atoms with Gasteiger partial charge in [-0.1, -0.05) is 108 Å². The van der Waals surface area contributed by atoms with Gasteiger partial charge in [0.25, 0.3) is 0 Å². The topological polar surface area (TPSA) is 232 Å². The van der Waals surface area contributed by atoms with Crippen molar-refractivity contribution in [1.29, 1.82) is 0 Å². The van der Waals surface area contributed by atoms with Gasteiger partial charge in [-0.05, 0) is 409 Å². The maximum absolute atomic E-state index is 10.6. The molecule has 0 amide bonds. The Morgan fingerprint density at radius 3 is 0.472 bits per heavy atom. The lowest BCUT2D eigenvalue weighted by Crippen LogP contribution is -2.54. The van der Waals surface area contributed by atoms with E-state index < -0.39 is 167 Å². The number of aliphatic hydroxyl groups excluding tert-OH is 6. The maximum atomic E-state index is 10.6. The van der Waals surface area contributed by atoms with E-state index in [-0.39, 0.29) is 61.3 Å². The van der Waals surface area contributed by atoms with Crippen LogP contribution < -0.4 is 0 Å². The van der Waals surface area contributed by atoms with Crippen molar-refractivity contribution in [3.8, 4) is 0 Å². The van der Waals surface area contributed by atoms with Crippen LogP contribution in [0.4, 0.5) is 0 Å². The van der Waals surface area contributed by atoms with E-state index in [1.807, 2.05) is 0 Å². The molecule has 0 bridgehead atoms. The van der Waals surface area contributed by atoms with Gasteiger partial charge in [0.1, 0.15) is 0 Å². The van der Waals surface area contributed by atoms with E-state index in [0.717, 1.165) is 139 Å². The fraction of sp³-hybridized carbons (Fsp3) is 1.00. The number of hydrogen-bond donors (Lipinski definition) is 6. The average Bonchev–Trinajstić information content (AvgIpc) is 0.808. The van der Waals surface area contributed by atoms with Gasteiger partial charge in [0.15, 0.2) is 99.8 Å². The molecule has 0 aromatic rings. The minimum Gasteiger partial charge on any atom is -0.437 e. The molecular formula is C89H220O18Si18. The first kappa shape index (κ1) is 132. The van der Waals surface area contributed by atoms with Gasteiger partial charge in [-0.2, -0.15) is 0 Å². The third-order valence-corrected chi connectivity index (χ3v) is 80.9. The van der Waals surface area contributed by atoms with Gasteiger partial charge in [0.2, 0.25) is 0 Å². The summed E-state index contributed by atoms with van der Waals surface area (Å²) < 4.78 is 81.3. The standard InChI is InChI=1S/C31H76O6Si6.2C29H72O6Si6/c1-29(2,27-42(17,34-38(5,6)7)35-39(8,9)10)21-19-23-31(25-32,26-33)24-20-22-30(3,4)28-43(18,36-40(11,12)13)37-41(14,15)16;1-27(2,25-40(17,32-36(5,6)7)33-37(8,9)10)19-21-29(23-30,24-31)22-20-28(3,4)26-41(18,34-38(11,12)13)35-39(14,15)16;1-27(23-40(15,32-36(3,4)5)33-37(6,7)8)19-17-21-29(25-30,26-31)22-18-20-28(2)24-41(16,34-38(9,10)11)35-39(12,13)14/h32-33H,19-28H2,1-18H3;30-31H,19-26H2,1-18H3;27-28,30-31H,17-26H2,1-16H3. The summed E-state index contributed by atoms with van der Waals surface area (Å²) in [7, 11) is -35.0. The van der Waals surface area contributed by atoms with Crippen LogP contribution in [0.25, 0.3) is 0 Å². The summed E-state index contributed by atoms with van der Waals surface area (Å²) in [5.41, 5.74) is -1.26. The average molecular weight is 2080 g/mol. The summed E-state index contributed by atoms with van der Waals surface area (Å²) in [6, 6.07) is 5.78. The third kappa shape index (κ3) is 68.0. The molecule has 0 aliphatic rings. The van der Waals surface area contributed by atoms with Crippen molar-refractivity contribution in [2.45, 2.75) is 483 Å². The monoisotopic (exact) mass is 2080 g/mol. The molecule has 756 valence electrons. The van der Waals surface area contributed by atoms with Crippen LogP contribution in [0.1, 0.15) is 172 Å². The number of hydrogen-bond acceptors (Lipinski definition) is 18. The van der Waals surface area contributed by atoms with Crippen LogP contribution >= 0.6 is 0 Å². The summed E-state index contributed by atoms with van der Waals surface area (Å²) in [4.78, 5) is 0. The van der Waals surface area contributed by atoms with Gasteiger partial charge in [0, 0.05) is 16.2 Å². The molecule has 0 saturated carbocycles. The van der Waals surface area contributed by atoms with E-state index in [9.17, 15) is 30.6 Å². The van der Waals surface area contributed by atoms with Crippen molar-refractivity contribution in [3.63, 3.8) is 0 Å². The molecule has 0 radical (unpaired) electrons. The highest BCUT2D eigenvalue weighted by molar-refractivity contribution is 6.92. The van der Waals surface area contributed by atoms with Crippen molar-refractivity contribution in [1.82, 2.24) is 0 Å². The molecule has 0 rings (SSSR count). The van der Waals surface area contributed by atoms with Crippen LogP contribution in [-0.4, -0.2) is 221 Å². The minimum absolute atomic E-state index is 0.00727. The van der Waals surface area contributed by atoms with Crippen molar-refractivity contribution >= 4 is 151 Å². The van der Waals surface area contributed by atoms with E-state index in [1.165, 1.54) is 0 Å². The Hall–Kier alpha value is 3.18. The zero-order valence-corrected chi connectivity index (χ0v) is 111. The molecule has 0 fully saturated rings. The zero-order valence-electron chi connectivity index (χ0n) is 93.0. The second kappa shape index (κ2) is 51.0. The highest BCUT2D eigenvalue weighted by Crippen LogP contribution is 2.48. The first-order valence-electron chi connectivity index (χ1n) is 48.8. The highest BCUT2D eigenvalue weighted by Gasteiger charge is 2.52. The molecule has 36 heteroatoms. The summed E-state index contributed by atoms with van der Waals surface area (Å²) >= 11 is 0. The maximum Gasteiger partial charge on any atom is 0.314 e. The fourth-order valence-electron chi connectivity index (χ4n) is 19.9. The molecule has 0 saturated heterocycles. The van der Waals surface area contributed by atoms with Gasteiger partial charge >= 0.3 is 51.4 Å². The molecule has 6 N–H and O–H groups in total. The van der Waals surface area contributed by atoms with Crippen LogP contribution in [0, 0.1) is 49.7 Å². The van der Waals surface area contributed by atoms with Crippen molar-refractivity contribution in [3.05, 3.63) is 0 Å². The Kier molecular flexibility index (Phi) is 54.0. The Morgan fingerprint density at radius 1 is 0.184 bits per heavy atom. The Balaban J connectivity index is -0.00000179. The molecular weight excluding hydrogens is 1860 g/mol. The molecule has 2 unspecified atom stereocenters. The smallest absolute Gasteiger partial charge is 0.314 e. The van der Waals surface area contributed by atoms with E-state index >= 15 is 0 Å². The lowest BCUT2D eigenvalue weighted by Gasteiger charge is -2.44. The summed E-state index contributed by atoms with van der Waals surface area (Å²) in [6.07, 6.45) is 14.9. The Morgan fingerprint density at radius 2 is 0.320 bits per heavy atom. The van der Waals surface area contributed by atoms with Gasteiger partial charge < -0.3 is 80.0 Å². The SMILES string of the molecule is CC(C)(CCC(CO)(CO)CCC(C)(C)C[Si](C)(O[Si](C)(C)C)O[Si](C)(C)C)C[Si](C)(O[Si](C)(C)C)O[Si](C)(C)C.CC(C)(CCCC(CO)(CO)CCCC(C)(C)C[Si](C)(O[Si](C)(C)C)O[Si](C)(C)C)C[Si](C)(O[Si](C)(C)C)O[Si](C)(C)C.CC(CCCC(CO)(CO)CCCC(C)C[Si](C)(O[Si](C)(C)C)O[Si](C)(C)C)C[Si](C)(O[Si](C)(C)C)O[Si](C)(C)C. The summed E-state index contributed by atoms with van der Waals surface area (Å²) in [5, 5.41) is 63.0. The number of aliphatic hydroxyl groups is 6. The van der Waals surface area contributed by atoms with Crippen molar-refractivity contribution < 1.29 is 80.0 Å². The molecule has 0 aromatic heterocycles. The molecule has 0 aliphatic heterocycles. The predicted octanol–water partition coefficient (Wildman–Crippen LogP) is 28.1. The minimum atomic E-state index is -2.41.